The largest absolute Gasteiger partial charge is 0.447 e. The number of hydrogen-bond acceptors (Lipinski definition) is 3. The van der Waals surface area contributed by atoms with Crippen molar-refractivity contribution in [2.24, 2.45) is 0 Å². The molecule has 1 rings (SSSR count). The van der Waals surface area contributed by atoms with E-state index in [1.165, 1.54) is 0 Å². The normalized spacial score (nSPS) is 24.1. The number of piperazine rings is 1. The first-order valence-corrected chi connectivity index (χ1v) is 5.16. The first-order valence-electron chi connectivity index (χ1n) is 5.16. The van der Waals surface area contributed by atoms with Crippen LogP contribution in [0.4, 0.5) is 4.79 Å². The van der Waals surface area contributed by atoms with Crippen molar-refractivity contribution in [1.82, 2.24) is 9.80 Å². The van der Waals surface area contributed by atoms with Crippen LogP contribution < -0.4 is 0 Å². The van der Waals surface area contributed by atoms with Crippen LogP contribution in [-0.2, 0) is 4.74 Å². The number of amides is 1. The Morgan fingerprint density at radius 1 is 1.43 bits per heavy atom. The lowest BCUT2D eigenvalue weighted by molar-refractivity contribution is 0.0480. The summed E-state index contributed by atoms with van der Waals surface area (Å²) in [5.41, 5.74) is 0. The number of nitrogens with zero attached hydrogens (tertiary/aromatic N) is 2. The lowest BCUT2D eigenvalue weighted by atomic mass is 10.2. The molecule has 0 bridgehead atoms. The Hall–Kier alpha value is -0.770. The number of hydrogen-bond donors (Lipinski definition) is 0. The molecular weight excluding hydrogens is 180 g/mol. The number of carbonyl (C=O) groups excluding carboxylic acids is 1. The summed E-state index contributed by atoms with van der Waals surface area (Å²) in [7, 11) is 2.08. The monoisotopic (exact) mass is 200 g/mol. The summed E-state index contributed by atoms with van der Waals surface area (Å²) >= 11 is 0. The van der Waals surface area contributed by atoms with Gasteiger partial charge in [0, 0.05) is 25.7 Å². The molecule has 1 unspecified atom stereocenters. The third kappa shape index (κ3) is 2.87. The molecule has 0 aromatic rings. The fourth-order valence-electron chi connectivity index (χ4n) is 1.49. The number of carbonyl (C=O) groups is 1. The Bertz CT molecular complexity index is 206. The Balaban J connectivity index is 2.42. The van der Waals surface area contributed by atoms with Crippen LogP contribution in [0.1, 0.15) is 20.8 Å². The Kier molecular flexibility index (Phi) is 3.75. The number of likely N-dealkylation sites (N-methyl/N-ethyl adjacent to an activating group) is 1. The van der Waals surface area contributed by atoms with E-state index in [1.54, 1.807) is 4.90 Å². The molecule has 1 aliphatic heterocycles. The van der Waals surface area contributed by atoms with Gasteiger partial charge in [0.15, 0.2) is 0 Å². The van der Waals surface area contributed by atoms with E-state index >= 15 is 0 Å². The second-order valence-electron chi connectivity index (χ2n) is 4.21. The molecule has 1 atom stereocenters. The molecule has 4 nitrogen and oxygen atoms in total. The second-order valence-corrected chi connectivity index (χ2v) is 4.21. The maximum atomic E-state index is 11.5. The lowest BCUT2D eigenvalue weighted by Gasteiger charge is -2.37. The predicted molar refractivity (Wildman–Crippen MR) is 55.3 cm³/mol. The molecule has 0 aliphatic carbocycles. The van der Waals surface area contributed by atoms with Gasteiger partial charge in [-0.1, -0.05) is 0 Å². The van der Waals surface area contributed by atoms with Gasteiger partial charge in [-0.25, -0.2) is 4.79 Å². The van der Waals surface area contributed by atoms with Gasteiger partial charge in [-0.15, -0.1) is 0 Å². The van der Waals surface area contributed by atoms with E-state index in [9.17, 15) is 4.79 Å². The molecule has 0 aromatic carbocycles. The summed E-state index contributed by atoms with van der Waals surface area (Å²) in [6.45, 7) is 8.33. The summed E-state index contributed by atoms with van der Waals surface area (Å²) in [5.74, 6) is 0. The molecule has 0 saturated carbocycles. The molecule has 82 valence electrons. The SMILES string of the molecule is CC(C)OC(=O)N1CCN(C)C(C)C1. The summed E-state index contributed by atoms with van der Waals surface area (Å²) in [5, 5.41) is 0. The van der Waals surface area contributed by atoms with Crippen LogP contribution in [0.2, 0.25) is 0 Å². The molecule has 0 radical (unpaired) electrons. The molecule has 0 spiro atoms. The first-order chi connectivity index (χ1) is 6.50. The van der Waals surface area contributed by atoms with Crippen LogP contribution in [0.3, 0.4) is 0 Å². The molecule has 14 heavy (non-hydrogen) atoms. The molecule has 1 amide bonds. The number of rotatable bonds is 1. The molecule has 0 N–H and O–H groups in total. The maximum Gasteiger partial charge on any atom is 0.410 e. The molecule has 1 aliphatic rings. The van der Waals surface area contributed by atoms with Gasteiger partial charge >= 0.3 is 6.09 Å². The average molecular weight is 200 g/mol. The fourth-order valence-corrected chi connectivity index (χ4v) is 1.49. The van der Waals surface area contributed by atoms with Crippen molar-refractivity contribution in [1.29, 1.82) is 0 Å². The molecule has 1 fully saturated rings. The van der Waals surface area contributed by atoms with E-state index in [2.05, 4.69) is 18.9 Å². The van der Waals surface area contributed by atoms with E-state index in [-0.39, 0.29) is 12.2 Å². The molecule has 1 heterocycles. The van der Waals surface area contributed by atoms with Crippen LogP contribution in [0, 0.1) is 0 Å². The van der Waals surface area contributed by atoms with Gasteiger partial charge in [0.25, 0.3) is 0 Å². The zero-order chi connectivity index (χ0) is 10.7. The van der Waals surface area contributed by atoms with Crippen LogP contribution in [0.25, 0.3) is 0 Å². The van der Waals surface area contributed by atoms with Crippen molar-refractivity contribution in [2.75, 3.05) is 26.7 Å². The van der Waals surface area contributed by atoms with Gasteiger partial charge in [0.05, 0.1) is 6.10 Å². The van der Waals surface area contributed by atoms with E-state index in [1.807, 2.05) is 13.8 Å². The molecule has 1 saturated heterocycles. The van der Waals surface area contributed by atoms with Gasteiger partial charge in [-0.2, -0.15) is 0 Å². The van der Waals surface area contributed by atoms with E-state index in [4.69, 9.17) is 4.74 Å². The third-order valence-electron chi connectivity index (χ3n) is 2.55. The minimum absolute atomic E-state index is 0.0301. The third-order valence-corrected chi connectivity index (χ3v) is 2.55. The van der Waals surface area contributed by atoms with Crippen molar-refractivity contribution in [3.63, 3.8) is 0 Å². The van der Waals surface area contributed by atoms with E-state index in [0.29, 0.717) is 6.04 Å². The van der Waals surface area contributed by atoms with Crippen molar-refractivity contribution < 1.29 is 9.53 Å². The summed E-state index contributed by atoms with van der Waals surface area (Å²) in [6, 6.07) is 0.420. The van der Waals surface area contributed by atoms with Crippen molar-refractivity contribution in [2.45, 2.75) is 32.9 Å². The Morgan fingerprint density at radius 2 is 2.07 bits per heavy atom. The summed E-state index contributed by atoms with van der Waals surface area (Å²) in [6.07, 6.45) is -0.211. The molecular formula is C10H20N2O2. The predicted octanol–water partition coefficient (Wildman–Crippen LogP) is 1.17. The van der Waals surface area contributed by atoms with Gasteiger partial charge in [-0.05, 0) is 27.8 Å². The minimum atomic E-state index is -0.181. The minimum Gasteiger partial charge on any atom is -0.447 e. The van der Waals surface area contributed by atoms with Gasteiger partial charge in [-0.3, -0.25) is 0 Å². The first kappa shape index (κ1) is 11.3. The molecule has 4 heteroatoms. The zero-order valence-electron chi connectivity index (χ0n) is 9.49. The highest BCUT2D eigenvalue weighted by Crippen LogP contribution is 2.08. The maximum absolute atomic E-state index is 11.5. The van der Waals surface area contributed by atoms with E-state index in [0.717, 1.165) is 19.6 Å². The topological polar surface area (TPSA) is 32.8 Å². The highest BCUT2D eigenvalue weighted by Gasteiger charge is 2.25. The van der Waals surface area contributed by atoms with Gasteiger partial charge < -0.3 is 14.5 Å². The Morgan fingerprint density at radius 3 is 2.57 bits per heavy atom. The summed E-state index contributed by atoms with van der Waals surface area (Å²) < 4.78 is 5.14. The van der Waals surface area contributed by atoms with Gasteiger partial charge in [0.1, 0.15) is 0 Å². The van der Waals surface area contributed by atoms with Crippen LogP contribution in [-0.4, -0.2) is 54.7 Å². The zero-order valence-corrected chi connectivity index (χ0v) is 9.49. The Labute approximate surface area is 85.8 Å². The second kappa shape index (κ2) is 4.64. The lowest BCUT2D eigenvalue weighted by Crippen LogP contribution is -2.52. The smallest absolute Gasteiger partial charge is 0.410 e. The van der Waals surface area contributed by atoms with Crippen LogP contribution >= 0.6 is 0 Å². The average Bonchev–Trinajstić information content (AvgIpc) is 2.08. The summed E-state index contributed by atoms with van der Waals surface area (Å²) in [4.78, 5) is 15.6. The van der Waals surface area contributed by atoms with E-state index < -0.39 is 0 Å². The highest BCUT2D eigenvalue weighted by molar-refractivity contribution is 5.68. The highest BCUT2D eigenvalue weighted by atomic mass is 16.6. The van der Waals surface area contributed by atoms with Crippen molar-refractivity contribution in [3.8, 4) is 0 Å². The molecule has 0 aromatic heterocycles. The standard InChI is InChI=1S/C10H20N2O2/c1-8(2)14-10(13)12-6-5-11(4)9(3)7-12/h8-9H,5-7H2,1-4H3. The van der Waals surface area contributed by atoms with Crippen molar-refractivity contribution >= 4 is 6.09 Å². The van der Waals surface area contributed by atoms with Crippen LogP contribution in [0.15, 0.2) is 0 Å². The van der Waals surface area contributed by atoms with Crippen LogP contribution in [0.5, 0.6) is 0 Å². The quantitative estimate of drug-likeness (QED) is 0.637. The van der Waals surface area contributed by atoms with Gasteiger partial charge in [0.2, 0.25) is 0 Å². The fraction of sp³-hybridized carbons (Fsp3) is 0.900. The number of ether oxygens (including phenoxy) is 1. The van der Waals surface area contributed by atoms with Crippen molar-refractivity contribution in [3.05, 3.63) is 0 Å².